The second kappa shape index (κ2) is 42.5. The normalized spacial score (nSPS) is 15.8. The minimum atomic E-state index is -0.375. The van der Waals surface area contributed by atoms with Gasteiger partial charge in [-0.1, -0.05) is 152 Å². The molecule has 0 aromatic heterocycles. The molecule has 610 valence electrons. The lowest BCUT2D eigenvalue weighted by molar-refractivity contribution is 0.00578. The van der Waals surface area contributed by atoms with Crippen LogP contribution in [0.15, 0.2) is 121 Å². The zero-order chi connectivity index (χ0) is 83.6. The molecule has 0 bridgehead atoms. The largest absolute Gasteiger partial charge is 0.506 e. The van der Waals surface area contributed by atoms with Gasteiger partial charge in [-0.2, -0.15) is 0 Å². The molecule has 0 radical (unpaired) electrons. The Morgan fingerprint density at radius 3 is 1.42 bits per heavy atom. The van der Waals surface area contributed by atoms with Crippen molar-refractivity contribution >= 4 is 122 Å². The third-order valence-electron chi connectivity index (χ3n) is 21.2. The molecule has 0 unspecified atom stereocenters. The Labute approximate surface area is 715 Å². The van der Waals surface area contributed by atoms with Crippen LogP contribution >= 0.6 is 97.1 Å². The average Bonchev–Trinajstić information content (AvgIpc) is 1.48. The number of hydrogen-bond donors (Lipinski definition) is 4. The van der Waals surface area contributed by atoms with Gasteiger partial charge in [-0.15, -0.1) is 6.58 Å². The highest BCUT2D eigenvalue weighted by molar-refractivity contribution is 9.10. The van der Waals surface area contributed by atoms with Gasteiger partial charge in [0.25, 0.3) is 0 Å². The highest BCUT2D eigenvalue weighted by Gasteiger charge is 2.53. The number of benzene rings is 8. The molecule has 6 aliphatic rings. The molecule has 8 aromatic rings. The molecule has 0 amide bonds. The summed E-state index contributed by atoms with van der Waals surface area (Å²) in [7, 11) is -0.660. The van der Waals surface area contributed by atoms with Gasteiger partial charge in [0.15, 0.2) is 0 Å². The maximum atomic E-state index is 9.59. The van der Waals surface area contributed by atoms with Crippen LogP contribution in [0, 0.1) is 62.3 Å². The van der Waals surface area contributed by atoms with E-state index in [-0.39, 0.29) is 60.5 Å². The summed E-state index contributed by atoms with van der Waals surface area (Å²) in [6, 6.07) is 28.3. The molecule has 23 heteroatoms. The molecule has 14 rings (SSSR count). The smallest absolute Gasteiger partial charge is 0.495 e. The standard InChI is InChI=1S/C16H22BClO3.C16H23BO3.C10H10BrClO.C10H13ClO2.3C10H11ClO.C8H9ClO/c1-10-11-7-6-8-19-14(11)13(18)9-12(10)17-20-15(2,3)16(4,5)21-17;1-11-12-7-6-10-18-14(12)9-8-13(11)17-19-15(2,3)16(4,5)20-17;1-6-7-3-2-4-13-10(7)9(12)5-8(6)11;1-7-4-5-9(11)10(13)8(7)3-2-6-12;1-7-4-5-9(11)10-8(7)3-2-6-12-10;1-3-6-12-10-7-8(2)4-5-9(10)11;1-3-4-8-7(2)5-6-9(11)10(8)12;1-5-3-6(2)8(9)7(10)4-5/h9H,6-8H2,1-5H3;8-9H,6-7,10H2,1-5H3;5H,2-4H2,1H3;4-5,12-13H,2-3,6H2,1H3;4-5H,2-3,6H2,1H3;3-5,7H,1,6H2,2H3;3,5-6,12H,1,4H2,2H3;3-4,10H,1-2H3. The Morgan fingerprint density at radius 2 is 0.903 bits per heavy atom. The van der Waals surface area contributed by atoms with Gasteiger partial charge in [0.2, 0.25) is 0 Å². The molecule has 4 N–H and O–H groups in total. The van der Waals surface area contributed by atoms with Gasteiger partial charge in [-0.05, 0) is 332 Å². The third kappa shape index (κ3) is 24.6. The maximum Gasteiger partial charge on any atom is 0.495 e. The number of ether oxygens (including phenoxy) is 5. The molecule has 0 saturated carbocycles. The fraction of sp³-hybridized carbons (Fsp3) is 0.422. The molecule has 6 heterocycles. The number of hydrogen-bond acceptors (Lipinski definition) is 13. The van der Waals surface area contributed by atoms with Gasteiger partial charge < -0.3 is 62.7 Å². The van der Waals surface area contributed by atoms with Crippen molar-refractivity contribution in [1.82, 2.24) is 0 Å². The van der Waals surface area contributed by atoms with Crippen LogP contribution in [0.25, 0.3) is 0 Å². The van der Waals surface area contributed by atoms with Gasteiger partial charge in [0.1, 0.15) is 52.6 Å². The Hall–Kier alpha value is -5.92. The van der Waals surface area contributed by atoms with E-state index in [2.05, 4.69) is 130 Å². The number of fused-ring (bicyclic) bond motifs is 4. The molecule has 6 aliphatic heterocycles. The summed E-state index contributed by atoms with van der Waals surface area (Å²) in [5.74, 6) is 4.86. The van der Waals surface area contributed by atoms with Gasteiger partial charge in [0.05, 0.1) is 84.0 Å². The maximum absolute atomic E-state index is 9.59. The molecule has 0 aliphatic carbocycles. The summed E-state index contributed by atoms with van der Waals surface area (Å²) in [5.41, 5.74) is 17.7. The monoisotopic (exact) mass is 1740 g/mol. The predicted octanol–water partition coefficient (Wildman–Crippen LogP) is 23.8. The van der Waals surface area contributed by atoms with Crippen LogP contribution in [0.3, 0.4) is 0 Å². The van der Waals surface area contributed by atoms with Crippen molar-refractivity contribution in [3.63, 3.8) is 0 Å². The molecule has 113 heavy (non-hydrogen) atoms. The van der Waals surface area contributed by atoms with Gasteiger partial charge >= 0.3 is 14.2 Å². The van der Waals surface area contributed by atoms with Gasteiger partial charge in [0, 0.05) is 16.6 Å². The van der Waals surface area contributed by atoms with Crippen LogP contribution in [0.2, 0.25) is 35.2 Å². The van der Waals surface area contributed by atoms with E-state index in [1.54, 1.807) is 30.4 Å². The van der Waals surface area contributed by atoms with E-state index in [0.29, 0.717) is 56.0 Å². The van der Waals surface area contributed by atoms with E-state index < -0.39 is 0 Å². The molecule has 8 aromatic carbocycles. The molecule has 2 saturated heterocycles. The van der Waals surface area contributed by atoms with Crippen LogP contribution in [-0.2, 0) is 57.1 Å². The van der Waals surface area contributed by atoms with Crippen molar-refractivity contribution in [3.05, 3.63) is 239 Å². The lowest BCUT2D eigenvalue weighted by Crippen LogP contribution is -2.41. The van der Waals surface area contributed by atoms with E-state index in [1.165, 1.54) is 44.5 Å². The van der Waals surface area contributed by atoms with E-state index in [1.807, 2.05) is 89.2 Å². The lowest BCUT2D eigenvalue weighted by Gasteiger charge is -2.32. The highest BCUT2D eigenvalue weighted by atomic mass is 79.9. The number of aliphatic hydroxyl groups excluding tert-OH is 1. The number of phenols is 3. The van der Waals surface area contributed by atoms with Crippen molar-refractivity contribution < 1.29 is 62.7 Å². The Kier molecular flexibility index (Phi) is 35.4. The quantitative estimate of drug-likeness (QED) is 0.0756. The molecular formula is C90H110B2BrCl7O13. The summed E-state index contributed by atoms with van der Waals surface area (Å²) >= 11 is 45.0. The van der Waals surface area contributed by atoms with Gasteiger partial charge in [-0.3, -0.25) is 0 Å². The van der Waals surface area contributed by atoms with E-state index in [4.69, 9.17) is 134 Å². The Bertz CT molecular complexity index is 4540. The van der Waals surface area contributed by atoms with Gasteiger partial charge in [-0.25, -0.2) is 0 Å². The summed E-state index contributed by atoms with van der Waals surface area (Å²) in [6.07, 6.45) is 13.9. The fourth-order valence-electron chi connectivity index (χ4n) is 13.1. The zero-order valence-electron chi connectivity index (χ0n) is 68.4. The predicted molar refractivity (Wildman–Crippen MR) is 474 cm³/mol. The number of aryl methyl sites for hydroxylation is 6. The minimum Gasteiger partial charge on any atom is -0.506 e. The Balaban J connectivity index is 0.000000181. The second-order valence-corrected chi connectivity index (χ2v) is 34.4. The Morgan fingerprint density at radius 1 is 0.451 bits per heavy atom. The summed E-state index contributed by atoms with van der Waals surface area (Å²) in [6.45, 7) is 45.6. The first-order valence-corrected chi connectivity index (χ1v) is 41.7. The van der Waals surface area contributed by atoms with Crippen molar-refractivity contribution in [1.29, 1.82) is 0 Å². The SMILES string of the molecule is C=CCOc1cc(C)ccc1Cl.C=CCc1c(C)ccc(Cl)c1O.Cc1c(B2OC(C)(C)C(C)(C)O2)cc(Cl)c2c1CCCO2.Cc1c(B2OC(C)(C)C(C)(C)O2)ccc2c1CCCO2.Cc1c(Br)cc(Cl)c2c1CCCO2.Cc1cc(C)c(Cl)c(O)c1.Cc1ccc(Cl)c(O)c1CCCO.Cc1ccc(Cl)c2c1CCCO2. The number of rotatable bonds is 10. The number of phenolic OH excluding ortho intramolecular Hbond substituents is 3. The molecule has 0 spiro atoms. The van der Waals surface area contributed by atoms with Crippen LogP contribution in [0.1, 0.15) is 171 Å². The number of aromatic hydroxyl groups is 3. The zero-order valence-corrected chi connectivity index (χ0v) is 75.3. The van der Waals surface area contributed by atoms with Crippen LogP contribution in [0.4, 0.5) is 0 Å². The van der Waals surface area contributed by atoms with Crippen LogP contribution in [-0.4, -0.2) is 96.7 Å². The topological polar surface area (TPSA) is 164 Å². The summed E-state index contributed by atoms with van der Waals surface area (Å²) in [4.78, 5) is 0. The first-order chi connectivity index (χ1) is 53.2. The molecule has 13 nitrogen and oxygen atoms in total. The lowest BCUT2D eigenvalue weighted by atomic mass is 9.74. The van der Waals surface area contributed by atoms with Crippen molar-refractivity contribution in [2.45, 2.75) is 211 Å². The third-order valence-corrected chi connectivity index (χ3v) is 24.3. The average molecular weight is 1750 g/mol. The van der Waals surface area contributed by atoms with Crippen molar-refractivity contribution in [2.75, 3.05) is 39.6 Å². The first kappa shape index (κ1) is 94.2. The molecular weight excluding hydrogens is 1640 g/mol. The highest BCUT2D eigenvalue weighted by Crippen LogP contribution is 2.43. The van der Waals surface area contributed by atoms with E-state index in [9.17, 15) is 10.2 Å². The van der Waals surface area contributed by atoms with Crippen LogP contribution in [0.5, 0.6) is 46.0 Å². The fourth-order valence-corrected chi connectivity index (χ4v) is 15.2. The molecule has 0 atom stereocenters. The number of halogens is 8. The number of allylic oxidation sites excluding steroid dienone is 1. The van der Waals surface area contributed by atoms with Crippen molar-refractivity contribution in [2.24, 2.45) is 0 Å². The van der Waals surface area contributed by atoms with Crippen molar-refractivity contribution in [3.8, 4) is 46.0 Å². The second-order valence-electron chi connectivity index (χ2n) is 30.7. The summed E-state index contributed by atoms with van der Waals surface area (Å²) < 4.78 is 53.5. The number of aliphatic hydroxyl groups is 1. The molecule has 2 fully saturated rings. The van der Waals surface area contributed by atoms with Crippen LogP contribution < -0.4 is 34.6 Å². The van der Waals surface area contributed by atoms with E-state index >= 15 is 0 Å². The summed E-state index contributed by atoms with van der Waals surface area (Å²) in [5, 5.41) is 40.9. The van der Waals surface area contributed by atoms with E-state index in [0.717, 1.165) is 166 Å². The minimum absolute atomic E-state index is 0.130. The first-order valence-electron chi connectivity index (χ1n) is 38.2.